The molecule has 1 aliphatic carbocycles. The van der Waals surface area contributed by atoms with Crippen molar-refractivity contribution in [3.8, 4) is 5.75 Å². The number of benzene rings is 1. The minimum absolute atomic E-state index is 0.0375. The molecule has 0 radical (unpaired) electrons. The summed E-state index contributed by atoms with van der Waals surface area (Å²) in [6.45, 7) is 1.35. The SMILES string of the molecule is CC(Oc1ccc2c(c1[N+](=O)[O-])CCC2)C(=O)O. The topological polar surface area (TPSA) is 89.7 Å². The van der Waals surface area contributed by atoms with Crippen molar-refractivity contribution < 1.29 is 19.6 Å². The van der Waals surface area contributed by atoms with Gasteiger partial charge in [0.2, 0.25) is 0 Å². The van der Waals surface area contributed by atoms with E-state index < -0.39 is 17.0 Å². The molecule has 1 aromatic rings. The fourth-order valence-electron chi connectivity index (χ4n) is 2.16. The number of fused-ring (bicyclic) bond motifs is 1. The predicted molar refractivity (Wildman–Crippen MR) is 62.8 cm³/mol. The zero-order valence-electron chi connectivity index (χ0n) is 9.88. The van der Waals surface area contributed by atoms with Crippen LogP contribution >= 0.6 is 0 Å². The number of nitrogens with zero attached hydrogens (tertiary/aromatic N) is 1. The maximum Gasteiger partial charge on any atom is 0.344 e. The molecule has 0 saturated heterocycles. The molecular weight excluding hydrogens is 238 g/mol. The molecule has 0 spiro atoms. The third kappa shape index (κ3) is 2.13. The number of aryl methyl sites for hydroxylation is 1. The lowest BCUT2D eigenvalue weighted by atomic mass is 10.1. The molecule has 1 unspecified atom stereocenters. The minimum atomic E-state index is -1.15. The van der Waals surface area contributed by atoms with E-state index in [1.165, 1.54) is 13.0 Å². The van der Waals surface area contributed by atoms with Crippen LogP contribution in [0.1, 0.15) is 24.5 Å². The van der Waals surface area contributed by atoms with Crippen molar-refractivity contribution in [3.63, 3.8) is 0 Å². The Bertz CT molecular complexity index is 511. The monoisotopic (exact) mass is 251 g/mol. The van der Waals surface area contributed by atoms with Crippen molar-refractivity contribution in [2.75, 3.05) is 0 Å². The van der Waals surface area contributed by atoms with Crippen LogP contribution < -0.4 is 4.74 Å². The highest BCUT2D eigenvalue weighted by molar-refractivity contribution is 5.72. The van der Waals surface area contributed by atoms with Crippen LogP contribution in [0.15, 0.2) is 12.1 Å². The van der Waals surface area contributed by atoms with E-state index >= 15 is 0 Å². The van der Waals surface area contributed by atoms with Crippen LogP contribution in [-0.2, 0) is 17.6 Å². The first-order chi connectivity index (χ1) is 8.50. The molecule has 96 valence electrons. The van der Waals surface area contributed by atoms with Gasteiger partial charge in [-0.05, 0) is 37.8 Å². The summed E-state index contributed by atoms with van der Waals surface area (Å²) in [4.78, 5) is 21.3. The lowest BCUT2D eigenvalue weighted by Gasteiger charge is -2.12. The van der Waals surface area contributed by atoms with Gasteiger partial charge in [0.05, 0.1) is 4.92 Å². The molecule has 6 heteroatoms. The van der Waals surface area contributed by atoms with Gasteiger partial charge in [0.1, 0.15) is 0 Å². The molecule has 0 fully saturated rings. The Kier molecular flexibility index (Phi) is 3.18. The maximum absolute atomic E-state index is 11.1. The number of nitro benzene ring substituents is 1. The minimum Gasteiger partial charge on any atom is -0.479 e. The molecule has 18 heavy (non-hydrogen) atoms. The third-order valence-corrected chi connectivity index (χ3v) is 3.05. The molecule has 1 aliphatic rings. The zero-order chi connectivity index (χ0) is 13.3. The Hall–Kier alpha value is -2.11. The quantitative estimate of drug-likeness (QED) is 0.652. The van der Waals surface area contributed by atoms with Crippen LogP contribution in [0.25, 0.3) is 0 Å². The van der Waals surface area contributed by atoms with Gasteiger partial charge in [-0.3, -0.25) is 10.1 Å². The summed E-state index contributed by atoms with van der Waals surface area (Å²) >= 11 is 0. The summed E-state index contributed by atoms with van der Waals surface area (Å²) in [5.74, 6) is -1.11. The lowest BCUT2D eigenvalue weighted by Crippen LogP contribution is -2.23. The molecule has 0 amide bonds. The van der Waals surface area contributed by atoms with Crippen molar-refractivity contribution in [1.82, 2.24) is 0 Å². The number of carbonyl (C=O) groups is 1. The first-order valence-corrected chi connectivity index (χ1v) is 5.69. The molecule has 0 aromatic heterocycles. The van der Waals surface area contributed by atoms with Crippen molar-refractivity contribution in [3.05, 3.63) is 33.4 Å². The van der Waals surface area contributed by atoms with E-state index in [2.05, 4.69) is 0 Å². The van der Waals surface area contributed by atoms with Crippen molar-refractivity contribution >= 4 is 11.7 Å². The van der Waals surface area contributed by atoms with Crippen LogP contribution in [0, 0.1) is 10.1 Å². The molecule has 0 heterocycles. The summed E-state index contributed by atoms with van der Waals surface area (Å²) in [5.41, 5.74) is 1.55. The second kappa shape index (κ2) is 4.64. The molecule has 2 rings (SSSR count). The highest BCUT2D eigenvalue weighted by atomic mass is 16.6. The number of ether oxygens (including phenoxy) is 1. The second-order valence-electron chi connectivity index (χ2n) is 4.26. The summed E-state index contributed by atoms with van der Waals surface area (Å²) in [6.07, 6.45) is 1.24. The smallest absolute Gasteiger partial charge is 0.344 e. The summed E-state index contributed by atoms with van der Waals surface area (Å²) in [7, 11) is 0. The number of carboxylic acid groups (broad SMARTS) is 1. The van der Waals surface area contributed by atoms with Gasteiger partial charge >= 0.3 is 11.7 Å². The number of hydrogen-bond donors (Lipinski definition) is 1. The number of rotatable bonds is 4. The molecular formula is C12H13NO5. The fraction of sp³-hybridized carbons (Fsp3) is 0.417. The van der Waals surface area contributed by atoms with Gasteiger partial charge in [0, 0.05) is 5.56 Å². The number of nitro groups is 1. The maximum atomic E-state index is 11.1. The normalized spacial score (nSPS) is 14.9. The molecule has 1 aromatic carbocycles. The first kappa shape index (κ1) is 12.3. The summed E-state index contributed by atoms with van der Waals surface area (Å²) in [5, 5.41) is 19.9. The number of hydrogen-bond acceptors (Lipinski definition) is 4. The van der Waals surface area contributed by atoms with Gasteiger partial charge in [-0.15, -0.1) is 0 Å². The molecule has 1 N–H and O–H groups in total. The van der Waals surface area contributed by atoms with Gasteiger partial charge in [0.25, 0.3) is 0 Å². The average Bonchev–Trinajstić information content (AvgIpc) is 2.75. The van der Waals surface area contributed by atoms with Gasteiger partial charge in [-0.2, -0.15) is 0 Å². The van der Waals surface area contributed by atoms with E-state index in [0.29, 0.717) is 12.0 Å². The molecule has 6 nitrogen and oxygen atoms in total. The van der Waals surface area contributed by atoms with Crippen molar-refractivity contribution in [2.24, 2.45) is 0 Å². The van der Waals surface area contributed by atoms with E-state index in [1.54, 1.807) is 6.07 Å². The Morgan fingerprint density at radius 2 is 2.22 bits per heavy atom. The lowest BCUT2D eigenvalue weighted by molar-refractivity contribution is -0.386. The number of aliphatic carboxylic acids is 1. The van der Waals surface area contributed by atoms with Crippen LogP contribution in [0.2, 0.25) is 0 Å². The summed E-state index contributed by atoms with van der Waals surface area (Å²) < 4.78 is 5.15. The Balaban J connectivity index is 2.42. The van der Waals surface area contributed by atoms with E-state index in [0.717, 1.165) is 18.4 Å². The zero-order valence-corrected chi connectivity index (χ0v) is 9.88. The standard InChI is InChI=1S/C12H13NO5/c1-7(12(14)15)18-10-6-5-8-3-2-4-9(8)11(10)13(16)17/h5-7H,2-4H2,1H3,(H,14,15). The summed E-state index contributed by atoms with van der Waals surface area (Å²) in [6, 6.07) is 3.26. The predicted octanol–water partition coefficient (Wildman–Crippen LogP) is 1.94. The Labute approximate surface area is 103 Å². The van der Waals surface area contributed by atoms with Crippen LogP contribution in [-0.4, -0.2) is 22.1 Å². The molecule has 0 aliphatic heterocycles. The first-order valence-electron chi connectivity index (χ1n) is 5.69. The highest BCUT2D eigenvalue weighted by Gasteiger charge is 2.28. The molecule has 0 bridgehead atoms. The van der Waals surface area contributed by atoms with Crippen LogP contribution in [0.5, 0.6) is 5.75 Å². The van der Waals surface area contributed by atoms with E-state index in [-0.39, 0.29) is 11.4 Å². The second-order valence-corrected chi connectivity index (χ2v) is 4.26. The van der Waals surface area contributed by atoms with Gasteiger partial charge in [-0.25, -0.2) is 4.79 Å². The van der Waals surface area contributed by atoms with Crippen LogP contribution in [0.3, 0.4) is 0 Å². The van der Waals surface area contributed by atoms with Crippen LogP contribution in [0.4, 0.5) is 5.69 Å². The van der Waals surface area contributed by atoms with Crippen molar-refractivity contribution in [1.29, 1.82) is 0 Å². The van der Waals surface area contributed by atoms with Gasteiger partial charge < -0.3 is 9.84 Å². The Morgan fingerprint density at radius 1 is 1.50 bits per heavy atom. The van der Waals surface area contributed by atoms with E-state index in [1.807, 2.05) is 0 Å². The highest BCUT2D eigenvalue weighted by Crippen LogP contribution is 2.38. The largest absolute Gasteiger partial charge is 0.479 e. The van der Waals surface area contributed by atoms with Crippen molar-refractivity contribution in [2.45, 2.75) is 32.3 Å². The van der Waals surface area contributed by atoms with E-state index in [9.17, 15) is 14.9 Å². The molecule has 1 atom stereocenters. The average molecular weight is 251 g/mol. The van der Waals surface area contributed by atoms with Gasteiger partial charge in [-0.1, -0.05) is 6.07 Å². The third-order valence-electron chi connectivity index (χ3n) is 3.05. The van der Waals surface area contributed by atoms with E-state index in [4.69, 9.17) is 9.84 Å². The number of carboxylic acids is 1. The molecule has 0 saturated carbocycles. The van der Waals surface area contributed by atoms with Gasteiger partial charge in [0.15, 0.2) is 11.9 Å². The Morgan fingerprint density at radius 3 is 2.83 bits per heavy atom. The fourth-order valence-corrected chi connectivity index (χ4v) is 2.16.